The standard InChI is InChI=1S/C11H17ClN2O2S2/c12-11-5-4-8(17-11)7-9(14-13)10-3-1-2-6-18(10,15)16/h4-5,9-10,14H,1-3,6-7,13H2. The first-order valence-corrected chi connectivity index (χ1v) is 8.86. The molecule has 3 N–H and O–H groups in total. The lowest BCUT2D eigenvalue weighted by Gasteiger charge is -2.29. The van der Waals surface area contributed by atoms with Crippen molar-refractivity contribution in [2.45, 2.75) is 37.0 Å². The number of hydrogen-bond acceptors (Lipinski definition) is 5. The van der Waals surface area contributed by atoms with Crippen molar-refractivity contribution < 1.29 is 8.42 Å². The summed E-state index contributed by atoms with van der Waals surface area (Å²) < 4.78 is 24.8. The molecule has 1 aliphatic heterocycles. The molecule has 0 radical (unpaired) electrons. The molecular weight excluding hydrogens is 292 g/mol. The molecule has 0 saturated carbocycles. The Bertz CT molecular complexity index is 501. The number of thiophene rings is 1. The fourth-order valence-corrected chi connectivity index (χ4v) is 5.66. The second kappa shape index (κ2) is 5.88. The zero-order valence-corrected chi connectivity index (χ0v) is 12.3. The number of hydrogen-bond donors (Lipinski definition) is 2. The van der Waals surface area contributed by atoms with Crippen LogP contribution in [0.4, 0.5) is 0 Å². The lowest BCUT2D eigenvalue weighted by Crippen LogP contribution is -2.50. The monoisotopic (exact) mass is 308 g/mol. The van der Waals surface area contributed by atoms with Gasteiger partial charge in [-0.1, -0.05) is 18.0 Å². The van der Waals surface area contributed by atoms with Gasteiger partial charge in [0.2, 0.25) is 0 Å². The highest BCUT2D eigenvalue weighted by molar-refractivity contribution is 7.92. The second-order valence-electron chi connectivity index (χ2n) is 4.58. The molecule has 1 aromatic rings. The second-order valence-corrected chi connectivity index (χ2v) is 8.72. The van der Waals surface area contributed by atoms with Gasteiger partial charge >= 0.3 is 0 Å². The van der Waals surface area contributed by atoms with Crippen LogP contribution in [0.3, 0.4) is 0 Å². The first-order valence-electron chi connectivity index (χ1n) is 5.95. The van der Waals surface area contributed by atoms with E-state index in [1.54, 1.807) is 0 Å². The van der Waals surface area contributed by atoms with Crippen LogP contribution >= 0.6 is 22.9 Å². The summed E-state index contributed by atoms with van der Waals surface area (Å²) in [5.74, 6) is 5.82. The maximum Gasteiger partial charge on any atom is 0.154 e. The van der Waals surface area contributed by atoms with Gasteiger partial charge < -0.3 is 0 Å². The average Bonchev–Trinajstić information content (AvgIpc) is 2.72. The van der Waals surface area contributed by atoms with E-state index >= 15 is 0 Å². The van der Waals surface area contributed by atoms with Crippen molar-refractivity contribution in [3.63, 3.8) is 0 Å². The molecule has 0 spiro atoms. The minimum absolute atomic E-state index is 0.231. The van der Waals surface area contributed by atoms with Gasteiger partial charge in [0.1, 0.15) is 0 Å². The van der Waals surface area contributed by atoms with E-state index in [9.17, 15) is 8.42 Å². The highest BCUT2D eigenvalue weighted by atomic mass is 35.5. The third kappa shape index (κ3) is 3.24. The highest BCUT2D eigenvalue weighted by Gasteiger charge is 2.35. The summed E-state index contributed by atoms with van der Waals surface area (Å²) in [6, 6.07) is 3.52. The molecule has 0 bridgehead atoms. The summed E-state index contributed by atoms with van der Waals surface area (Å²) in [5, 5.41) is -0.378. The van der Waals surface area contributed by atoms with Crippen molar-refractivity contribution in [1.82, 2.24) is 5.43 Å². The molecule has 7 heteroatoms. The van der Waals surface area contributed by atoms with Crippen molar-refractivity contribution in [3.05, 3.63) is 21.3 Å². The average molecular weight is 309 g/mol. The summed E-state index contributed by atoms with van der Waals surface area (Å²) >= 11 is 7.35. The molecule has 102 valence electrons. The van der Waals surface area contributed by atoms with Crippen LogP contribution < -0.4 is 11.3 Å². The number of nitrogens with one attached hydrogen (secondary N) is 1. The summed E-state index contributed by atoms with van der Waals surface area (Å²) in [5.41, 5.74) is 2.67. The Hall–Kier alpha value is -0.140. The predicted octanol–water partition coefficient (Wildman–Crippen LogP) is 1.74. The van der Waals surface area contributed by atoms with E-state index < -0.39 is 9.84 Å². The normalized spacial score (nSPS) is 24.9. The third-order valence-corrected chi connectivity index (χ3v) is 6.94. The van der Waals surface area contributed by atoms with Gasteiger partial charge in [-0.05, 0) is 31.4 Å². The third-order valence-electron chi connectivity index (χ3n) is 3.34. The number of nitrogens with two attached hydrogens (primary N) is 1. The van der Waals surface area contributed by atoms with Crippen molar-refractivity contribution >= 4 is 32.8 Å². The molecule has 0 amide bonds. The predicted molar refractivity (Wildman–Crippen MR) is 75.6 cm³/mol. The van der Waals surface area contributed by atoms with Crippen molar-refractivity contribution in [2.75, 3.05) is 5.75 Å². The molecule has 2 heterocycles. The van der Waals surface area contributed by atoms with E-state index in [2.05, 4.69) is 5.43 Å². The zero-order valence-electron chi connectivity index (χ0n) is 9.93. The molecule has 1 saturated heterocycles. The van der Waals surface area contributed by atoms with Gasteiger partial charge in [0, 0.05) is 10.9 Å². The van der Waals surface area contributed by atoms with Crippen molar-refractivity contribution in [3.8, 4) is 0 Å². The van der Waals surface area contributed by atoms with Crippen molar-refractivity contribution in [2.24, 2.45) is 5.84 Å². The van der Waals surface area contributed by atoms with Crippen LogP contribution in [0.5, 0.6) is 0 Å². The molecule has 2 atom stereocenters. The SMILES string of the molecule is NNC(Cc1ccc(Cl)s1)C1CCCCS1(=O)=O. The highest BCUT2D eigenvalue weighted by Crippen LogP contribution is 2.27. The Kier molecular flexibility index (Phi) is 4.66. The molecule has 1 aromatic heterocycles. The molecule has 18 heavy (non-hydrogen) atoms. The number of rotatable bonds is 4. The topological polar surface area (TPSA) is 72.2 Å². The molecular formula is C11H17ClN2O2S2. The number of hydrazine groups is 1. The fraction of sp³-hybridized carbons (Fsp3) is 0.636. The molecule has 0 aliphatic carbocycles. The molecule has 0 aromatic carbocycles. The Morgan fingerprint density at radius 2 is 2.28 bits per heavy atom. The largest absolute Gasteiger partial charge is 0.271 e. The maximum atomic E-state index is 12.1. The van der Waals surface area contributed by atoms with Crippen LogP contribution in [0.15, 0.2) is 12.1 Å². The van der Waals surface area contributed by atoms with Gasteiger partial charge in [0.25, 0.3) is 0 Å². The van der Waals surface area contributed by atoms with Gasteiger partial charge in [-0.25, -0.2) is 8.42 Å². The fourth-order valence-electron chi connectivity index (χ4n) is 2.41. The van der Waals surface area contributed by atoms with Crippen LogP contribution in [0.25, 0.3) is 0 Å². The molecule has 1 aliphatic rings. The van der Waals surface area contributed by atoms with Gasteiger partial charge in [-0.3, -0.25) is 11.3 Å². The van der Waals surface area contributed by atoms with Crippen LogP contribution in [-0.2, 0) is 16.3 Å². The van der Waals surface area contributed by atoms with Crippen LogP contribution in [0, 0.1) is 0 Å². The van der Waals surface area contributed by atoms with E-state index in [1.165, 1.54) is 11.3 Å². The summed E-state index contributed by atoms with van der Waals surface area (Å²) in [6.45, 7) is 0. The van der Waals surface area contributed by atoms with E-state index in [4.69, 9.17) is 17.4 Å². The van der Waals surface area contributed by atoms with E-state index in [0.29, 0.717) is 17.2 Å². The summed E-state index contributed by atoms with van der Waals surface area (Å²) in [7, 11) is -3.02. The summed E-state index contributed by atoms with van der Waals surface area (Å²) in [6.07, 6.45) is 3.02. The van der Waals surface area contributed by atoms with Gasteiger partial charge in [-0.2, -0.15) is 0 Å². The number of halogens is 1. The van der Waals surface area contributed by atoms with Gasteiger partial charge in [0.05, 0.1) is 15.3 Å². The lowest BCUT2D eigenvalue weighted by molar-refractivity contribution is 0.442. The Morgan fingerprint density at radius 3 is 2.83 bits per heavy atom. The van der Waals surface area contributed by atoms with Crippen LogP contribution in [0.2, 0.25) is 4.34 Å². The van der Waals surface area contributed by atoms with Crippen LogP contribution in [-0.4, -0.2) is 25.5 Å². The zero-order chi connectivity index (χ0) is 13.2. The molecule has 2 unspecified atom stereocenters. The maximum absolute atomic E-state index is 12.1. The summed E-state index contributed by atoms with van der Waals surface area (Å²) in [4.78, 5) is 1.06. The minimum atomic E-state index is -3.02. The Labute approximate surface area is 116 Å². The Balaban J connectivity index is 2.12. The van der Waals surface area contributed by atoms with Crippen molar-refractivity contribution in [1.29, 1.82) is 0 Å². The molecule has 1 fully saturated rings. The lowest BCUT2D eigenvalue weighted by atomic mass is 10.0. The quantitative estimate of drug-likeness (QED) is 0.656. The molecule has 2 rings (SSSR count). The Morgan fingerprint density at radius 1 is 1.50 bits per heavy atom. The smallest absolute Gasteiger partial charge is 0.154 e. The molecule has 4 nitrogen and oxygen atoms in total. The van der Waals surface area contributed by atoms with Gasteiger partial charge in [-0.15, -0.1) is 11.3 Å². The van der Waals surface area contributed by atoms with Gasteiger partial charge in [0.15, 0.2) is 9.84 Å². The van der Waals surface area contributed by atoms with E-state index in [0.717, 1.165) is 17.7 Å². The van der Waals surface area contributed by atoms with E-state index in [1.807, 2.05) is 12.1 Å². The van der Waals surface area contributed by atoms with Crippen LogP contribution in [0.1, 0.15) is 24.1 Å². The first kappa shape index (κ1) is 14.3. The van der Waals surface area contributed by atoms with E-state index in [-0.39, 0.29) is 17.0 Å². The minimum Gasteiger partial charge on any atom is -0.271 e. The number of sulfone groups is 1. The first-order chi connectivity index (χ1) is 8.53.